The summed E-state index contributed by atoms with van der Waals surface area (Å²) in [5.41, 5.74) is 5.67. The third kappa shape index (κ3) is 1.87. The summed E-state index contributed by atoms with van der Waals surface area (Å²) in [5, 5.41) is 0. The Morgan fingerprint density at radius 3 is 2.67 bits per heavy atom. The second-order valence-electron chi connectivity index (χ2n) is 6.76. The molecule has 0 aromatic heterocycles. The molecule has 2 saturated carbocycles. The van der Waals surface area contributed by atoms with Crippen molar-refractivity contribution >= 4 is 5.91 Å². The Labute approximate surface area is 110 Å². The number of rotatable bonds is 2. The lowest BCUT2D eigenvalue weighted by molar-refractivity contribution is -0.144. The van der Waals surface area contributed by atoms with Crippen molar-refractivity contribution in [2.75, 3.05) is 13.1 Å². The van der Waals surface area contributed by atoms with E-state index in [1.807, 2.05) is 0 Å². The van der Waals surface area contributed by atoms with Crippen molar-refractivity contribution in [3.8, 4) is 0 Å². The molecule has 0 spiro atoms. The normalized spacial score (nSPS) is 38.1. The molecule has 1 heterocycles. The third-order valence-electron chi connectivity index (χ3n) is 5.70. The molecule has 1 saturated heterocycles. The van der Waals surface area contributed by atoms with Crippen LogP contribution < -0.4 is 5.73 Å². The fourth-order valence-corrected chi connectivity index (χ4v) is 4.13. The van der Waals surface area contributed by atoms with Crippen LogP contribution in [-0.4, -0.2) is 29.9 Å². The number of fused-ring (bicyclic) bond motifs is 1. The monoisotopic (exact) mass is 250 g/mol. The van der Waals surface area contributed by atoms with Gasteiger partial charge in [0.05, 0.1) is 5.41 Å². The molecule has 102 valence electrons. The highest BCUT2D eigenvalue weighted by Gasteiger charge is 2.53. The van der Waals surface area contributed by atoms with Crippen molar-refractivity contribution < 1.29 is 4.79 Å². The minimum absolute atomic E-state index is 0.150. The first kappa shape index (κ1) is 12.5. The lowest BCUT2D eigenvalue weighted by Crippen LogP contribution is -2.55. The first-order valence-corrected chi connectivity index (χ1v) is 7.69. The van der Waals surface area contributed by atoms with Gasteiger partial charge in [-0.25, -0.2) is 0 Å². The molecule has 0 aromatic carbocycles. The Bertz CT molecular complexity index is 337. The van der Waals surface area contributed by atoms with Crippen LogP contribution in [0.5, 0.6) is 0 Å². The second kappa shape index (κ2) is 4.52. The topological polar surface area (TPSA) is 46.3 Å². The summed E-state index contributed by atoms with van der Waals surface area (Å²) in [4.78, 5) is 14.9. The van der Waals surface area contributed by atoms with Crippen LogP contribution in [0.25, 0.3) is 0 Å². The Kier molecular flexibility index (Phi) is 3.13. The first-order valence-electron chi connectivity index (χ1n) is 7.69. The summed E-state index contributed by atoms with van der Waals surface area (Å²) in [5.74, 6) is 1.94. The predicted octanol–water partition coefficient (Wildman–Crippen LogP) is 2.15. The number of carbonyl (C=O) groups is 1. The molecule has 0 aromatic rings. The number of piperidine rings is 1. The molecular formula is C15H26N2O. The smallest absolute Gasteiger partial charge is 0.230 e. The zero-order chi connectivity index (χ0) is 12.8. The SMILES string of the molecule is CC1CCN(C(=O)C2(CN)CC2)C2CCCCC12. The van der Waals surface area contributed by atoms with E-state index in [0.717, 1.165) is 31.2 Å². The van der Waals surface area contributed by atoms with Crippen molar-refractivity contribution in [3.63, 3.8) is 0 Å². The van der Waals surface area contributed by atoms with Crippen LogP contribution in [0.15, 0.2) is 0 Å². The molecule has 3 heteroatoms. The van der Waals surface area contributed by atoms with Gasteiger partial charge in [0, 0.05) is 19.1 Å². The third-order valence-corrected chi connectivity index (χ3v) is 5.70. The van der Waals surface area contributed by atoms with E-state index < -0.39 is 0 Å². The first-order chi connectivity index (χ1) is 8.68. The molecule has 3 nitrogen and oxygen atoms in total. The van der Waals surface area contributed by atoms with Gasteiger partial charge < -0.3 is 10.6 Å². The molecule has 0 bridgehead atoms. The van der Waals surface area contributed by atoms with Crippen molar-refractivity contribution in [2.45, 2.75) is 57.9 Å². The van der Waals surface area contributed by atoms with Gasteiger partial charge in [0.1, 0.15) is 0 Å². The van der Waals surface area contributed by atoms with Crippen molar-refractivity contribution in [2.24, 2.45) is 23.0 Å². The van der Waals surface area contributed by atoms with Gasteiger partial charge in [0.25, 0.3) is 0 Å². The quantitative estimate of drug-likeness (QED) is 0.816. The van der Waals surface area contributed by atoms with Crippen LogP contribution in [0.1, 0.15) is 51.9 Å². The molecule has 2 aliphatic carbocycles. The lowest BCUT2D eigenvalue weighted by Gasteiger charge is -2.48. The average molecular weight is 250 g/mol. The molecule has 1 amide bonds. The van der Waals surface area contributed by atoms with Crippen LogP contribution in [0.3, 0.4) is 0 Å². The Morgan fingerprint density at radius 2 is 2.00 bits per heavy atom. The van der Waals surface area contributed by atoms with E-state index in [4.69, 9.17) is 5.73 Å². The van der Waals surface area contributed by atoms with E-state index in [0.29, 0.717) is 18.5 Å². The maximum Gasteiger partial charge on any atom is 0.230 e. The Morgan fingerprint density at radius 1 is 1.28 bits per heavy atom. The van der Waals surface area contributed by atoms with Gasteiger partial charge in [-0.1, -0.05) is 19.8 Å². The predicted molar refractivity (Wildman–Crippen MR) is 72.0 cm³/mol. The number of hydrogen-bond donors (Lipinski definition) is 1. The number of amides is 1. The van der Waals surface area contributed by atoms with Crippen molar-refractivity contribution in [1.29, 1.82) is 0 Å². The highest BCUT2D eigenvalue weighted by molar-refractivity contribution is 5.86. The zero-order valence-corrected chi connectivity index (χ0v) is 11.5. The Hall–Kier alpha value is -0.570. The number of nitrogens with zero attached hydrogens (tertiary/aromatic N) is 1. The van der Waals surface area contributed by atoms with Crippen LogP contribution in [0.2, 0.25) is 0 Å². The standard InChI is InChI=1S/C15H26N2O/c1-11-6-9-17(13-5-3-2-4-12(11)13)14(18)15(10-16)7-8-15/h11-13H,2-10,16H2,1H3. The summed E-state index contributed by atoms with van der Waals surface area (Å²) in [6, 6.07) is 0.527. The minimum atomic E-state index is -0.150. The molecule has 3 rings (SSSR count). The maximum atomic E-state index is 12.7. The summed E-state index contributed by atoms with van der Waals surface area (Å²) >= 11 is 0. The number of carbonyl (C=O) groups excluding carboxylic acids is 1. The summed E-state index contributed by atoms with van der Waals surface area (Å²) in [7, 11) is 0. The molecule has 3 aliphatic rings. The summed E-state index contributed by atoms with van der Waals surface area (Å²) in [6.45, 7) is 3.90. The molecule has 0 radical (unpaired) electrons. The lowest BCUT2D eigenvalue weighted by atomic mass is 9.72. The Balaban J connectivity index is 1.77. The van der Waals surface area contributed by atoms with Crippen LogP contribution in [-0.2, 0) is 4.79 Å². The van der Waals surface area contributed by atoms with Gasteiger partial charge in [0.2, 0.25) is 5.91 Å². The van der Waals surface area contributed by atoms with Gasteiger partial charge in [-0.2, -0.15) is 0 Å². The molecule has 1 aliphatic heterocycles. The number of nitrogens with two attached hydrogens (primary N) is 1. The van der Waals surface area contributed by atoms with Crippen LogP contribution in [0, 0.1) is 17.3 Å². The van der Waals surface area contributed by atoms with E-state index in [2.05, 4.69) is 11.8 Å². The molecular weight excluding hydrogens is 224 g/mol. The van der Waals surface area contributed by atoms with Crippen LogP contribution >= 0.6 is 0 Å². The van der Waals surface area contributed by atoms with Crippen LogP contribution in [0.4, 0.5) is 0 Å². The summed E-state index contributed by atoms with van der Waals surface area (Å²) < 4.78 is 0. The van der Waals surface area contributed by atoms with Gasteiger partial charge in [-0.05, 0) is 43.9 Å². The van der Waals surface area contributed by atoms with Gasteiger partial charge >= 0.3 is 0 Å². The maximum absolute atomic E-state index is 12.7. The summed E-state index contributed by atoms with van der Waals surface area (Å²) in [6.07, 6.45) is 8.43. The molecule has 3 fully saturated rings. The minimum Gasteiger partial charge on any atom is -0.339 e. The average Bonchev–Trinajstić information content (AvgIpc) is 3.20. The van der Waals surface area contributed by atoms with Crippen molar-refractivity contribution in [3.05, 3.63) is 0 Å². The second-order valence-corrected chi connectivity index (χ2v) is 6.76. The van der Waals surface area contributed by atoms with E-state index in [1.54, 1.807) is 0 Å². The van der Waals surface area contributed by atoms with E-state index >= 15 is 0 Å². The highest BCUT2D eigenvalue weighted by Crippen LogP contribution is 2.49. The fraction of sp³-hybridized carbons (Fsp3) is 0.933. The molecule has 3 unspecified atom stereocenters. The van der Waals surface area contributed by atoms with Crippen molar-refractivity contribution in [1.82, 2.24) is 4.90 Å². The molecule has 2 N–H and O–H groups in total. The van der Waals surface area contributed by atoms with E-state index in [-0.39, 0.29) is 5.41 Å². The largest absolute Gasteiger partial charge is 0.339 e. The zero-order valence-electron chi connectivity index (χ0n) is 11.5. The highest BCUT2D eigenvalue weighted by atomic mass is 16.2. The number of likely N-dealkylation sites (tertiary alicyclic amines) is 1. The van der Waals surface area contributed by atoms with Gasteiger partial charge in [-0.3, -0.25) is 4.79 Å². The van der Waals surface area contributed by atoms with Gasteiger partial charge in [-0.15, -0.1) is 0 Å². The van der Waals surface area contributed by atoms with Gasteiger partial charge in [0.15, 0.2) is 0 Å². The fourth-order valence-electron chi connectivity index (χ4n) is 4.13. The molecule has 18 heavy (non-hydrogen) atoms. The van der Waals surface area contributed by atoms with E-state index in [9.17, 15) is 4.79 Å². The molecule has 3 atom stereocenters. The number of hydrogen-bond acceptors (Lipinski definition) is 2. The van der Waals surface area contributed by atoms with E-state index in [1.165, 1.54) is 32.1 Å².